The van der Waals surface area contributed by atoms with Gasteiger partial charge < -0.3 is 10.2 Å². The number of anilines is 1. The minimum atomic E-state index is -0.389. The number of piperidine rings is 1. The number of likely N-dealkylation sites (tertiary alicyclic amines) is 1. The summed E-state index contributed by atoms with van der Waals surface area (Å²) in [7, 11) is 0. The lowest BCUT2D eigenvalue weighted by Crippen LogP contribution is -2.43. The first-order valence-corrected chi connectivity index (χ1v) is 9.54. The molecule has 0 radical (unpaired) electrons. The van der Waals surface area contributed by atoms with Crippen LogP contribution >= 0.6 is 0 Å². The molecule has 1 amide bonds. The fourth-order valence-corrected chi connectivity index (χ4v) is 3.95. The summed E-state index contributed by atoms with van der Waals surface area (Å²) in [5, 5.41) is 7.55. The molecule has 1 N–H and O–H groups in total. The van der Waals surface area contributed by atoms with Crippen LogP contribution < -0.4 is 5.32 Å². The standard InChI is InChI=1S/C19H32N4O/c1-19(2,3)18(24)21-17-9-12-20-23(17)16-10-13-22(14-11-16)15-7-5-4-6-8-15/h9,12,15-16H,4-8,10-11,13-14H2,1-3H3,(H,21,24). The fourth-order valence-electron chi connectivity index (χ4n) is 3.95. The third-order valence-electron chi connectivity index (χ3n) is 5.53. The molecule has 1 aromatic heterocycles. The lowest BCUT2D eigenvalue weighted by molar-refractivity contribution is -0.123. The van der Waals surface area contributed by atoms with Gasteiger partial charge in [-0.15, -0.1) is 0 Å². The molecule has 0 aromatic carbocycles. The predicted octanol–water partition coefficient (Wildman–Crippen LogP) is 3.84. The summed E-state index contributed by atoms with van der Waals surface area (Å²) in [6.07, 6.45) is 11.0. The summed E-state index contributed by atoms with van der Waals surface area (Å²) in [5.41, 5.74) is -0.389. The van der Waals surface area contributed by atoms with Gasteiger partial charge in [-0.1, -0.05) is 40.0 Å². The Balaban J connectivity index is 1.59. The molecule has 1 aromatic rings. The van der Waals surface area contributed by atoms with Crippen molar-refractivity contribution in [2.75, 3.05) is 18.4 Å². The maximum absolute atomic E-state index is 12.3. The first kappa shape index (κ1) is 17.5. The molecule has 5 nitrogen and oxygen atoms in total. The van der Waals surface area contributed by atoms with Crippen LogP contribution in [-0.4, -0.2) is 39.7 Å². The molecule has 1 aliphatic carbocycles. The largest absolute Gasteiger partial charge is 0.310 e. The third-order valence-corrected chi connectivity index (χ3v) is 5.53. The van der Waals surface area contributed by atoms with E-state index in [-0.39, 0.29) is 11.3 Å². The molecular formula is C19H32N4O. The first-order chi connectivity index (χ1) is 11.4. The van der Waals surface area contributed by atoms with E-state index in [1.165, 1.54) is 32.1 Å². The SMILES string of the molecule is CC(C)(C)C(=O)Nc1ccnn1C1CCN(C2CCCCC2)CC1. The van der Waals surface area contributed by atoms with Gasteiger partial charge in [0.25, 0.3) is 0 Å². The minimum Gasteiger partial charge on any atom is -0.310 e. The van der Waals surface area contributed by atoms with Gasteiger partial charge in [0, 0.05) is 30.6 Å². The third kappa shape index (κ3) is 4.00. The van der Waals surface area contributed by atoms with E-state index in [1.54, 1.807) is 6.20 Å². The summed E-state index contributed by atoms with van der Waals surface area (Å²) < 4.78 is 2.03. The number of rotatable bonds is 3. The molecule has 2 aliphatic rings. The Kier molecular flexibility index (Phi) is 5.28. The molecule has 0 atom stereocenters. The number of aromatic nitrogens is 2. The van der Waals surface area contributed by atoms with Gasteiger partial charge in [-0.2, -0.15) is 5.10 Å². The van der Waals surface area contributed by atoms with Crippen LogP contribution in [0.5, 0.6) is 0 Å². The highest BCUT2D eigenvalue weighted by Crippen LogP contribution is 2.30. The van der Waals surface area contributed by atoms with Gasteiger partial charge in [-0.25, -0.2) is 4.68 Å². The van der Waals surface area contributed by atoms with Gasteiger partial charge in [0.15, 0.2) is 0 Å². The van der Waals surface area contributed by atoms with Crippen LogP contribution in [0.1, 0.15) is 71.8 Å². The van der Waals surface area contributed by atoms with Crippen molar-refractivity contribution in [1.82, 2.24) is 14.7 Å². The van der Waals surface area contributed by atoms with E-state index >= 15 is 0 Å². The summed E-state index contributed by atoms with van der Waals surface area (Å²) in [6.45, 7) is 8.12. The normalized spacial score (nSPS) is 21.8. The van der Waals surface area contributed by atoms with Crippen LogP contribution in [0.3, 0.4) is 0 Å². The van der Waals surface area contributed by atoms with Crippen LogP contribution in [0.4, 0.5) is 5.82 Å². The van der Waals surface area contributed by atoms with E-state index < -0.39 is 0 Å². The van der Waals surface area contributed by atoms with Crippen LogP contribution in [0.25, 0.3) is 0 Å². The molecule has 24 heavy (non-hydrogen) atoms. The van der Waals surface area contributed by atoms with Crippen molar-refractivity contribution in [3.63, 3.8) is 0 Å². The zero-order valence-corrected chi connectivity index (χ0v) is 15.4. The monoisotopic (exact) mass is 332 g/mol. The second-order valence-corrected chi connectivity index (χ2v) is 8.42. The molecule has 0 spiro atoms. The second-order valence-electron chi connectivity index (χ2n) is 8.42. The summed E-state index contributed by atoms with van der Waals surface area (Å²) in [4.78, 5) is 15.0. The van der Waals surface area contributed by atoms with Crippen molar-refractivity contribution < 1.29 is 4.79 Å². The highest BCUT2D eigenvalue weighted by atomic mass is 16.2. The molecule has 1 saturated heterocycles. The van der Waals surface area contributed by atoms with Gasteiger partial charge in [-0.3, -0.25) is 4.79 Å². The van der Waals surface area contributed by atoms with Gasteiger partial charge >= 0.3 is 0 Å². The number of amides is 1. The lowest BCUT2D eigenvalue weighted by Gasteiger charge is -2.39. The average Bonchev–Trinajstić information content (AvgIpc) is 3.03. The highest BCUT2D eigenvalue weighted by Gasteiger charge is 2.29. The van der Waals surface area contributed by atoms with Crippen LogP contribution in [-0.2, 0) is 4.79 Å². The predicted molar refractivity (Wildman–Crippen MR) is 97.0 cm³/mol. The summed E-state index contributed by atoms with van der Waals surface area (Å²) in [6, 6.07) is 3.12. The molecule has 0 unspecified atom stereocenters. The molecule has 3 rings (SSSR count). The molecule has 5 heteroatoms. The van der Waals surface area contributed by atoms with Crippen LogP contribution in [0, 0.1) is 5.41 Å². The number of hydrogen-bond donors (Lipinski definition) is 1. The quantitative estimate of drug-likeness (QED) is 0.915. The molecule has 2 heterocycles. The van der Waals surface area contributed by atoms with Crippen molar-refractivity contribution in [2.24, 2.45) is 5.41 Å². The highest BCUT2D eigenvalue weighted by molar-refractivity contribution is 5.93. The molecular weight excluding hydrogens is 300 g/mol. The van der Waals surface area contributed by atoms with Crippen molar-refractivity contribution in [1.29, 1.82) is 0 Å². The average molecular weight is 332 g/mol. The van der Waals surface area contributed by atoms with E-state index in [0.717, 1.165) is 37.8 Å². The molecule has 134 valence electrons. The van der Waals surface area contributed by atoms with Crippen LogP contribution in [0.2, 0.25) is 0 Å². The van der Waals surface area contributed by atoms with Gasteiger partial charge in [0.2, 0.25) is 5.91 Å². The zero-order chi connectivity index (χ0) is 17.2. The molecule has 0 bridgehead atoms. The van der Waals surface area contributed by atoms with E-state index in [0.29, 0.717) is 6.04 Å². The van der Waals surface area contributed by atoms with Gasteiger partial charge in [0.05, 0.1) is 12.2 Å². The Morgan fingerprint density at radius 2 is 1.75 bits per heavy atom. The first-order valence-electron chi connectivity index (χ1n) is 9.54. The molecule has 2 fully saturated rings. The number of hydrogen-bond acceptors (Lipinski definition) is 3. The number of carbonyl (C=O) groups is 1. The summed E-state index contributed by atoms with van der Waals surface area (Å²) in [5.74, 6) is 0.884. The second kappa shape index (κ2) is 7.26. The summed E-state index contributed by atoms with van der Waals surface area (Å²) >= 11 is 0. The fraction of sp³-hybridized carbons (Fsp3) is 0.789. The van der Waals surface area contributed by atoms with E-state index in [1.807, 2.05) is 31.5 Å². The van der Waals surface area contributed by atoms with E-state index in [9.17, 15) is 4.79 Å². The smallest absolute Gasteiger partial charge is 0.230 e. The molecule has 1 saturated carbocycles. The Hall–Kier alpha value is -1.36. The van der Waals surface area contributed by atoms with E-state index in [4.69, 9.17) is 0 Å². The maximum Gasteiger partial charge on any atom is 0.230 e. The van der Waals surface area contributed by atoms with Crippen molar-refractivity contribution in [3.05, 3.63) is 12.3 Å². The minimum absolute atomic E-state index is 0.0453. The van der Waals surface area contributed by atoms with Crippen molar-refractivity contribution in [2.45, 2.75) is 77.8 Å². The van der Waals surface area contributed by atoms with Crippen molar-refractivity contribution >= 4 is 11.7 Å². The number of nitrogens with one attached hydrogen (secondary N) is 1. The van der Waals surface area contributed by atoms with Gasteiger partial charge in [0.1, 0.15) is 5.82 Å². The van der Waals surface area contributed by atoms with Crippen molar-refractivity contribution in [3.8, 4) is 0 Å². The topological polar surface area (TPSA) is 50.2 Å². The lowest BCUT2D eigenvalue weighted by atomic mass is 9.92. The number of nitrogens with zero attached hydrogens (tertiary/aromatic N) is 3. The Morgan fingerprint density at radius 3 is 2.38 bits per heavy atom. The Labute approximate surface area is 145 Å². The zero-order valence-electron chi connectivity index (χ0n) is 15.4. The maximum atomic E-state index is 12.3. The van der Waals surface area contributed by atoms with E-state index in [2.05, 4.69) is 15.3 Å². The molecule has 1 aliphatic heterocycles. The Morgan fingerprint density at radius 1 is 1.08 bits per heavy atom. The Bertz CT molecular complexity index is 546. The van der Waals surface area contributed by atoms with Gasteiger partial charge in [-0.05, 0) is 25.7 Å². The number of carbonyl (C=O) groups excluding carboxylic acids is 1. The van der Waals surface area contributed by atoms with Crippen LogP contribution in [0.15, 0.2) is 12.3 Å².